The fourth-order valence-corrected chi connectivity index (χ4v) is 2.96. The zero-order valence-electron chi connectivity index (χ0n) is 9.99. The van der Waals surface area contributed by atoms with Gasteiger partial charge < -0.3 is 10.6 Å². The topological polar surface area (TPSA) is 32.5 Å². The van der Waals surface area contributed by atoms with E-state index in [1.807, 2.05) is 0 Å². The van der Waals surface area contributed by atoms with Crippen molar-refractivity contribution < 1.29 is 0 Å². The van der Waals surface area contributed by atoms with Crippen LogP contribution in [0.1, 0.15) is 25.7 Å². The molecule has 88 valence electrons. The van der Waals surface area contributed by atoms with Crippen LogP contribution in [-0.4, -0.2) is 55.6 Å². The molecule has 2 aliphatic rings. The molecule has 0 aromatic rings. The predicted octanol–water partition coefficient (Wildman–Crippen LogP) is 0.751. The lowest BCUT2D eigenvalue weighted by Gasteiger charge is -2.44. The highest BCUT2D eigenvalue weighted by atomic mass is 15.3. The SMILES string of the molecule is CN1CC(N2CCCCC(CCN)C2)C1. The van der Waals surface area contributed by atoms with Crippen LogP contribution in [0.25, 0.3) is 0 Å². The molecule has 0 amide bonds. The van der Waals surface area contributed by atoms with Gasteiger partial charge in [-0.2, -0.15) is 0 Å². The third kappa shape index (κ3) is 2.92. The molecule has 3 heteroatoms. The molecule has 15 heavy (non-hydrogen) atoms. The van der Waals surface area contributed by atoms with Crippen LogP contribution in [-0.2, 0) is 0 Å². The quantitative estimate of drug-likeness (QED) is 0.748. The van der Waals surface area contributed by atoms with Crippen LogP contribution in [0.4, 0.5) is 0 Å². The van der Waals surface area contributed by atoms with Gasteiger partial charge >= 0.3 is 0 Å². The summed E-state index contributed by atoms with van der Waals surface area (Å²) < 4.78 is 0. The number of nitrogens with zero attached hydrogens (tertiary/aromatic N) is 2. The zero-order chi connectivity index (χ0) is 10.7. The highest BCUT2D eigenvalue weighted by molar-refractivity contribution is 4.88. The lowest BCUT2D eigenvalue weighted by Crippen LogP contribution is -2.58. The van der Waals surface area contributed by atoms with Crippen molar-refractivity contribution in [2.75, 3.05) is 39.8 Å². The van der Waals surface area contributed by atoms with E-state index in [9.17, 15) is 0 Å². The molecule has 0 bridgehead atoms. The maximum absolute atomic E-state index is 5.67. The van der Waals surface area contributed by atoms with Crippen molar-refractivity contribution in [3.63, 3.8) is 0 Å². The summed E-state index contributed by atoms with van der Waals surface area (Å²) in [5.41, 5.74) is 5.67. The summed E-state index contributed by atoms with van der Waals surface area (Å²) in [6.45, 7) is 6.03. The standard InChI is InChI=1S/C12H25N3/c1-14-9-12(10-14)15-7-3-2-4-11(8-15)5-6-13/h11-12H,2-10,13H2,1H3. The Morgan fingerprint density at radius 2 is 2.00 bits per heavy atom. The van der Waals surface area contributed by atoms with Crippen LogP contribution in [0, 0.1) is 5.92 Å². The minimum Gasteiger partial charge on any atom is -0.330 e. The maximum Gasteiger partial charge on any atom is 0.0350 e. The summed E-state index contributed by atoms with van der Waals surface area (Å²) in [6, 6.07) is 0.841. The Bertz CT molecular complexity index is 189. The summed E-state index contributed by atoms with van der Waals surface area (Å²) >= 11 is 0. The molecule has 2 saturated heterocycles. The summed E-state index contributed by atoms with van der Waals surface area (Å²) in [4.78, 5) is 5.13. The number of likely N-dealkylation sites (N-methyl/N-ethyl adjacent to an activating group) is 1. The van der Waals surface area contributed by atoms with Crippen molar-refractivity contribution >= 4 is 0 Å². The first-order chi connectivity index (χ1) is 7.29. The smallest absolute Gasteiger partial charge is 0.0350 e. The van der Waals surface area contributed by atoms with Crippen LogP contribution in [0.15, 0.2) is 0 Å². The first-order valence-electron chi connectivity index (χ1n) is 6.42. The Labute approximate surface area is 93.6 Å². The van der Waals surface area contributed by atoms with E-state index in [1.165, 1.54) is 51.9 Å². The molecule has 0 aromatic carbocycles. The number of hydrogen-bond donors (Lipinski definition) is 1. The largest absolute Gasteiger partial charge is 0.330 e. The van der Waals surface area contributed by atoms with E-state index in [1.54, 1.807) is 0 Å². The van der Waals surface area contributed by atoms with Gasteiger partial charge in [0.15, 0.2) is 0 Å². The molecule has 2 heterocycles. The Kier molecular flexibility index (Phi) is 4.00. The van der Waals surface area contributed by atoms with Crippen LogP contribution in [0.3, 0.4) is 0 Å². The third-order valence-electron chi connectivity index (χ3n) is 3.94. The second kappa shape index (κ2) is 5.28. The van der Waals surface area contributed by atoms with E-state index < -0.39 is 0 Å². The molecule has 0 saturated carbocycles. The zero-order valence-corrected chi connectivity index (χ0v) is 9.99. The molecule has 0 radical (unpaired) electrons. The highest BCUT2D eigenvalue weighted by Crippen LogP contribution is 2.23. The lowest BCUT2D eigenvalue weighted by molar-refractivity contribution is 0.0461. The maximum atomic E-state index is 5.67. The molecule has 3 nitrogen and oxygen atoms in total. The first kappa shape index (κ1) is 11.4. The molecule has 2 fully saturated rings. The molecule has 0 spiro atoms. The van der Waals surface area contributed by atoms with E-state index in [2.05, 4.69) is 16.8 Å². The third-order valence-corrected chi connectivity index (χ3v) is 3.94. The van der Waals surface area contributed by atoms with Gasteiger partial charge in [0.1, 0.15) is 0 Å². The Balaban J connectivity index is 1.82. The summed E-state index contributed by atoms with van der Waals surface area (Å²) in [6.07, 6.45) is 5.42. The summed E-state index contributed by atoms with van der Waals surface area (Å²) in [5, 5.41) is 0. The summed E-state index contributed by atoms with van der Waals surface area (Å²) in [5.74, 6) is 0.864. The number of rotatable bonds is 3. The van der Waals surface area contributed by atoms with Crippen LogP contribution in [0.5, 0.6) is 0 Å². The van der Waals surface area contributed by atoms with Crippen molar-refractivity contribution in [3.8, 4) is 0 Å². The number of likely N-dealkylation sites (tertiary alicyclic amines) is 2. The van der Waals surface area contributed by atoms with Gasteiger partial charge in [-0.1, -0.05) is 6.42 Å². The van der Waals surface area contributed by atoms with Gasteiger partial charge in [0.25, 0.3) is 0 Å². The van der Waals surface area contributed by atoms with Crippen molar-refractivity contribution in [1.29, 1.82) is 0 Å². The minimum absolute atomic E-state index is 0.841. The summed E-state index contributed by atoms with van der Waals surface area (Å²) in [7, 11) is 2.21. The van der Waals surface area contributed by atoms with Crippen molar-refractivity contribution in [3.05, 3.63) is 0 Å². The Hall–Kier alpha value is -0.120. The Morgan fingerprint density at radius 1 is 1.20 bits per heavy atom. The van der Waals surface area contributed by atoms with E-state index in [0.717, 1.165) is 18.5 Å². The second-order valence-electron chi connectivity index (χ2n) is 5.31. The van der Waals surface area contributed by atoms with Crippen molar-refractivity contribution in [2.45, 2.75) is 31.7 Å². The lowest BCUT2D eigenvalue weighted by atomic mass is 9.99. The molecule has 2 N–H and O–H groups in total. The monoisotopic (exact) mass is 211 g/mol. The average Bonchev–Trinajstić information content (AvgIpc) is 2.39. The van der Waals surface area contributed by atoms with Crippen molar-refractivity contribution in [1.82, 2.24) is 9.80 Å². The first-order valence-corrected chi connectivity index (χ1v) is 6.42. The van der Waals surface area contributed by atoms with Crippen molar-refractivity contribution in [2.24, 2.45) is 11.7 Å². The molecule has 1 unspecified atom stereocenters. The fraction of sp³-hybridized carbons (Fsp3) is 1.00. The van der Waals surface area contributed by atoms with Gasteiger partial charge in [-0.3, -0.25) is 4.90 Å². The van der Waals surface area contributed by atoms with E-state index >= 15 is 0 Å². The average molecular weight is 211 g/mol. The van der Waals surface area contributed by atoms with E-state index in [4.69, 9.17) is 5.73 Å². The second-order valence-corrected chi connectivity index (χ2v) is 5.31. The van der Waals surface area contributed by atoms with Gasteiger partial charge in [0, 0.05) is 25.7 Å². The van der Waals surface area contributed by atoms with Crippen LogP contribution in [0.2, 0.25) is 0 Å². The molecule has 2 aliphatic heterocycles. The fourth-order valence-electron chi connectivity index (χ4n) is 2.96. The van der Waals surface area contributed by atoms with Crippen LogP contribution < -0.4 is 5.73 Å². The molecule has 0 aliphatic carbocycles. The van der Waals surface area contributed by atoms with Gasteiger partial charge in [0.2, 0.25) is 0 Å². The van der Waals surface area contributed by atoms with E-state index in [-0.39, 0.29) is 0 Å². The predicted molar refractivity (Wildman–Crippen MR) is 63.9 cm³/mol. The van der Waals surface area contributed by atoms with Gasteiger partial charge in [0.05, 0.1) is 0 Å². The molecule has 1 atom stereocenters. The number of hydrogen-bond acceptors (Lipinski definition) is 3. The van der Waals surface area contributed by atoms with Gasteiger partial charge in [-0.05, 0) is 45.3 Å². The molecule has 0 aromatic heterocycles. The van der Waals surface area contributed by atoms with Gasteiger partial charge in [-0.15, -0.1) is 0 Å². The molecule has 2 rings (SSSR count). The normalized spacial score (nSPS) is 31.2. The molecular formula is C12H25N3. The Morgan fingerprint density at radius 3 is 2.67 bits per heavy atom. The van der Waals surface area contributed by atoms with E-state index in [0.29, 0.717) is 0 Å². The van der Waals surface area contributed by atoms with Crippen LogP contribution >= 0.6 is 0 Å². The van der Waals surface area contributed by atoms with Gasteiger partial charge in [-0.25, -0.2) is 0 Å². The minimum atomic E-state index is 0.841. The highest BCUT2D eigenvalue weighted by Gasteiger charge is 2.31. The number of nitrogens with two attached hydrogens (primary N) is 1. The molecular weight excluding hydrogens is 186 g/mol.